The van der Waals surface area contributed by atoms with Crippen LogP contribution in [0, 0.1) is 0 Å². The van der Waals surface area contributed by atoms with Gasteiger partial charge in [0.05, 0.1) is 5.69 Å². The molecule has 0 aliphatic carbocycles. The summed E-state index contributed by atoms with van der Waals surface area (Å²) in [6.45, 7) is 8.97. The van der Waals surface area contributed by atoms with Crippen molar-refractivity contribution in [1.82, 2.24) is 19.9 Å². The quantitative estimate of drug-likeness (QED) is 0.776. The minimum atomic E-state index is 0.0479. The highest BCUT2D eigenvalue weighted by atomic mass is 15.4. The van der Waals surface area contributed by atoms with Gasteiger partial charge in [0.25, 0.3) is 0 Å². The van der Waals surface area contributed by atoms with Crippen LogP contribution in [0.15, 0.2) is 6.20 Å². The molecular formula is C11H23N5. The van der Waals surface area contributed by atoms with E-state index < -0.39 is 0 Å². The van der Waals surface area contributed by atoms with Crippen molar-refractivity contribution in [2.75, 3.05) is 13.1 Å². The Kier molecular flexibility index (Phi) is 4.44. The summed E-state index contributed by atoms with van der Waals surface area (Å²) in [5.41, 5.74) is 6.92. The van der Waals surface area contributed by atoms with Crippen molar-refractivity contribution in [3.8, 4) is 0 Å². The Bertz CT molecular complexity index is 316. The summed E-state index contributed by atoms with van der Waals surface area (Å²) in [7, 11) is 1.88. The van der Waals surface area contributed by atoms with Gasteiger partial charge in [0, 0.05) is 31.9 Å². The minimum absolute atomic E-state index is 0.0479. The second-order valence-corrected chi connectivity index (χ2v) is 4.45. The van der Waals surface area contributed by atoms with Crippen LogP contribution in [-0.2, 0) is 13.6 Å². The normalized spacial score (nSPS) is 15.4. The van der Waals surface area contributed by atoms with E-state index in [2.05, 4.69) is 36.0 Å². The zero-order valence-corrected chi connectivity index (χ0v) is 10.8. The third-order valence-electron chi connectivity index (χ3n) is 3.35. The second-order valence-electron chi connectivity index (χ2n) is 4.45. The first-order valence-corrected chi connectivity index (χ1v) is 5.86. The number of nitrogens with two attached hydrogens (primary N) is 1. The van der Waals surface area contributed by atoms with E-state index in [1.54, 1.807) is 4.68 Å². The van der Waals surface area contributed by atoms with E-state index in [4.69, 9.17) is 5.73 Å². The fourth-order valence-corrected chi connectivity index (χ4v) is 1.84. The lowest BCUT2D eigenvalue weighted by molar-refractivity contribution is 0.103. The summed E-state index contributed by atoms with van der Waals surface area (Å²) in [6.07, 6.45) is 2.99. The minimum Gasteiger partial charge on any atom is -0.329 e. The van der Waals surface area contributed by atoms with Gasteiger partial charge in [0.2, 0.25) is 0 Å². The number of aromatic nitrogens is 3. The maximum absolute atomic E-state index is 5.87. The third-order valence-corrected chi connectivity index (χ3v) is 3.35. The van der Waals surface area contributed by atoms with Crippen LogP contribution in [-0.4, -0.2) is 38.5 Å². The van der Waals surface area contributed by atoms with Crippen LogP contribution >= 0.6 is 0 Å². The number of nitrogens with zero attached hydrogens (tertiary/aromatic N) is 4. The topological polar surface area (TPSA) is 60.0 Å². The van der Waals surface area contributed by atoms with Gasteiger partial charge in [-0.1, -0.05) is 19.1 Å². The first-order valence-electron chi connectivity index (χ1n) is 5.86. The first-order chi connectivity index (χ1) is 7.55. The molecule has 5 heteroatoms. The Balaban J connectivity index is 2.75. The molecule has 0 aliphatic heterocycles. The van der Waals surface area contributed by atoms with Gasteiger partial charge in [-0.2, -0.15) is 0 Å². The number of hydrogen-bond acceptors (Lipinski definition) is 4. The van der Waals surface area contributed by atoms with Crippen LogP contribution in [0.5, 0.6) is 0 Å². The summed E-state index contributed by atoms with van der Waals surface area (Å²) in [5.74, 6) is 0. The largest absolute Gasteiger partial charge is 0.329 e. The molecule has 0 aliphatic rings. The van der Waals surface area contributed by atoms with E-state index in [-0.39, 0.29) is 5.54 Å². The van der Waals surface area contributed by atoms with Crippen LogP contribution < -0.4 is 5.73 Å². The predicted molar refractivity (Wildman–Crippen MR) is 64.8 cm³/mol. The molecule has 0 fully saturated rings. The van der Waals surface area contributed by atoms with Crippen LogP contribution in [0.1, 0.15) is 32.9 Å². The molecule has 5 nitrogen and oxygen atoms in total. The van der Waals surface area contributed by atoms with Gasteiger partial charge in [-0.15, -0.1) is 5.10 Å². The monoisotopic (exact) mass is 225 g/mol. The molecule has 0 aromatic carbocycles. The second kappa shape index (κ2) is 5.41. The Morgan fingerprint density at radius 1 is 1.50 bits per heavy atom. The van der Waals surface area contributed by atoms with Gasteiger partial charge < -0.3 is 5.73 Å². The molecule has 0 spiro atoms. The van der Waals surface area contributed by atoms with E-state index in [1.165, 1.54) is 0 Å². The van der Waals surface area contributed by atoms with E-state index >= 15 is 0 Å². The van der Waals surface area contributed by atoms with Crippen LogP contribution in [0.3, 0.4) is 0 Å². The zero-order valence-electron chi connectivity index (χ0n) is 10.8. The first kappa shape index (κ1) is 13.1. The summed E-state index contributed by atoms with van der Waals surface area (Å²) >= 11 is 0. The molecule has 2 N–H and O–H groups in total. The van der Waals surface area contributed by atoms with Gasteiger partial charge >= 0.3 is 0 Å². The average Bonchev–Trinajstić information content (AvgIpc) is 2.70. The predicted octanol–water partition coefficient (Wildman–Crippen LogP) is 0.764. The smallest absolute Gasteiger partial charge is 0.0967 e. The Labute approximate surface area is 97.6 Å². The lowest BCUT2D eigenvalue weighted by Gasteiger charge is -2.39. The molecule has 0 radical (unpaired) electrons. The lowest BCUT2D eigenvalue weighted by Crippen LogP contribution is -2.50. The maximum Gasteiger partial charge on any atom is 0.0967 e. The van der Waals surface area contributed by atoms with Crippen molar-refractivity contribution >= 4 is 0 Å². The number of rotatable bonds is 6. The molecule has 0 bridgehead atoms. The number of likely N-dealkylation sites (N-methyl/N-ethyl adjacent to an activating group) is 1. The zero-order chi connectivity index (χ0) is 12.2. The fraction of sp³-hybridized carbons (Fsp3) is 0.818. The van der Waals surface area contributed by atoms with Crippen molar-refractivity contribution in [3.63, 3.8) is 0 Å². The molecule has 1 aromatic heterocycles. The van der Waals surface area contributed by atoms with Crippen molar-refractivity contribution in [2.45, 2.75) is 39.3 Å². The number of aryl methyl sites for hydroxylation is 1. The summed E-state index contributed by atoms with van der Waals surface area (Å²) in [4.78, 5) is 2.36. The highest BCUT2D eigenvalue weighted by Crippen LogP contribution is 2.19. The molecule has 1 atom stereocenters. The number of hydrogen-bond donors (Lipinski definition) is 1. The Morgan fingerprint density at radius 3 is 2.56 bits per heavy atom. The lowest BCUT2D eigenvalue weighted by atomic mass is 9.96. The molecular weight excluding hydrogens is 202 g/mol. The van der Waals surface area contributed by atoms with Crippen molar-refractivity contribution in [3.05, 3.63) is 11.9 Å². The molecule has 1 unspecified atom stereocenters. The third kappa shape index (κ3) is 2.80. The van der Waals surface area contributed by atoms with Crippen LogP contribution in [0.25, 0.3) is 0 Å². The SMILES string of the molecule is CCN(Cc1cn(C)nn1)C(C)(CC)CN. The molecule has 1 heterocycles. The van der Waals surface area contributed by atoms with Gasteiger partial charge in [0.1, 0.15) is 0 Å². The van der Waals surface area contributed by atoms with Crippen LogP contribution in [0.2, 0.25) is 0 Å². The van der Waals surface area contributed by atoms with Gasteiger partial charge in [-0.3, -0.25) is 9.58 Å². The maximum atomic E-state index is 5.87. The van der Waals surface area contributed by atoms with Gasteiger partial charge in [-0.25, -0.2) is 0 Å². The Hall–Kier alpha value is -0.940. The Morgan fingerprint density at radius 2 is 2.19 bits per heavy atom. The molecule has 0 amide bonds. The van der Waals surface area contributed by atoms with Crippen molar-refractivity contribution in [2.24, 2.45) is 12.8 Å². The summed E-state index contributed by atoms with van der Waals surface area (Å²) in [5, 5.41) is 8.06. The average molecular weight is 225 g/mol. The fourth-order valence-electron chi connectivity index (χ4n) is 1.84. The molecule has 1 rings (SSSR count). The van der Waals surface area contributed by atoms with E-state index in [0.717, 1.165) is 25.2 Å². The molecule has 16 heavy (non-hydrogen) atoms. The summed E-state index contributed by atoms with van der Waals surface area (Å²) < 4.78 is 1.73. The molecule has 1 aromatic rings. The van der Waals surface area contributed by atoms with Crippen molar-refractivity contribution < 1.29 is 0 Å². The summed E-state index contributed by atoms with van der Waals surface area (Å²) in [6, 6.07) is 0. The molecule has 0 saturated heterocycles. The molecule has 92 valence electrons. The van der Waals surface area contributed by atoms with Gasteiger partial charge in [0.15, 0.2) is 0 Å². The highest BCUT2D eigenvalue weighted by molar-refractivity contribution is 4.95. The standard InChI is InChI=1S/C11H23N5/c1-5-11(3,9-12)16(6-2)8-10-7-15(4)14-13-10/h7H,5-6,8-9,12H2,1-4H3. The van der Waals surface area contributed by atoms with E-state index in [9.17, 15) is 0 Å². The van der Waals surface area contributed by atoms with E-state index in [0.29, 0.717) is 6.54 Å². The van der Waals surface area contributed by atoms with E-state index in [1.807, 2.05) is 13.2 Å². The van der Waals surface area contributed by atoms with Crippen molar-refractivity contribution in [1.29, 1.82) is 0 Å². The van der Waals surface area contributed by atoms with Crippen LogP contribution in [0.4, 0.5) is 0 Å². The highest BCUT2D eigenvalue weighted by Gasteiger charge is 2.27. The van der Waals surface area contributed by atoms with Gasteiger partial charge in [-0.05, 0) is 19.9 Å². The molecule has 0 saturated carbocycles.